The summed E-state index contributed by atoms with van der Waals surface area (Å²) in [5.41, 5.74) is 0.978. The molecule has 0 aliphatic carbocycles. The average Bonchev–Trinajstić information content (AvgIpc) is 2.98. The van der Waals surface area contributed by atoms with Gasteiger partial charge in [-0.15, -0.1) is 0 Å². The van der Waals surface area contributed by atoms with Gasteiger partial charge >= 0.3 is 0 Å². The van der Waals surface area contributed by atoms with Crippen LogP contribution in [-0.2, 0) is 25.0 Å². The summed E-state index contributed by atoms with van der Waals surface area (Å²) in [6.07, 6.45) is 2.74. The highest BCUT2D eigenvalue weighted by Crippen LogP contribution is 2.45. The molecule has 13 heteroatoms. The zero-order chi connectivity index (χ0) is 34.0. The lowest BCUT2D eigenvalue weighted by molar-refractivity contribution is -0.122. The molecular weight excluding hydrogens is 633 g/mol. The fraction of sp³-hybridized carbons (Fsp3) is 0.333. The van der Waals surface area contributed by atoms with E-state index >= 15 is 0 Å². The summed E-state index contributed by atoms with van der Waals surface area (Å²) in [7, 11) is -8.29. The molecule has 1 heterocycles. The summed E-state index contributed by atoms with van der Waals surface area (Å²) in [4.78, 5) is 26.3. The summed E-state index contributed by atoms with van der Waals surface area (Å²) >= 11 is 0. The van der Waals surface area contributed by atoms with Crippen LogP contribution >= 0.6 is 0 Å². The van der Waals surface area contributed by atoms with Crippen molar-refractivity contribution in [2.75, 3.05) is 25.5 Å². The lowest BCUT2D eigenvalue weighted by Crippen LogP contribution is -2.30. The van der Waals surface area contributed by atoms with Crippen LogP contribution < -0.4 is 20.5 Å². The lowest BCUT2D eigenvalue weighted by Gasteiger charge is -2.27. The van der Waals surface area contributed by atoms with Gasteiger partial charge in [-0.05, 0) is 54.8 Å². The van der Waals surface area contributed by atoms with Crippen LogP contribution in [0.25, 0.3) is 11.6 Å². The van der Waals surface area contributed by atoms with Crippen molar-refractivity contribution < 1.29 is 40.3 Å². The molecule has 4 rings (SSSR count). The maximum Gasteiger partial charge on any atom is 0.300 e. The molecule has 0 fully saturated rings. The number of nitrogens with zero attached hydrogens (tertiary/aromatic N) is 1. The number of hydrogen-bond acceptors (Lipinski definition) is 8. The Hall–Kier alpha value is -4.04. The van der Waals surface area contributed by atoms with Gasteiger partial charge in [-0.2, -0.15) is 16.8 Å². The monoisotopic (exact) mass is 670 g/mol. The van der Waals surface area contributed by atoms with Gasteiger partial charge in [0.25, 0.3) is 26.1 Å². The summed E-state index contributed by atoms with van der Waals surface area (Å²) < 4.78 is 78.2. The molecule has 0 bridgehead atoms. The number of carbonyl (C=O) groups excluding carboxylic acids is 2. The van der Waals surface area contributed by atoms with Crippen LogP contribution in [0.1, 0.15) is 68.4 Å². The normalized spacial score (nSPS) is 13.2. The first-order valence-electron chi connectivity index (χ1n) is 14.9. The Bertz CT molecular complexity index is 2040. The Balaban J connectivity index is 2.08. The van der Waals surface area contributed by atoms with E-state index in [0.717, 1.165) is 0 Å². The number of anilines is 1. The number of benzene rings is 3. The number of Topliss-reactive ketones (excluding diaryl/α,β-unsaturated/α-hetero) is 1. The molecule has 246 valence electrons. The van der Waals surface area contributed by atoms with Gasteiger partial charge in [0.2, 0.25) is 0 Å². The highest BCUT2D eigenvalue weighted by molar-refractivity contribution is 7.86. The van der Waals surface area contributed by atoms with Crippen molar-refractivity contribution in [1.29, 1.82) is 0 Å². The SMILES string of the molecule is CC/C=c1\ccc2c(c1S(=O)(=O)O)Oc1c(ccc(NCC)c1S(=O)(=O)O)C=2c1ccccc1C(=O)N(C)CCCC(=O)C(C)C. The van der Waals surface area contributed by atoms with E-state index in [2.05, 4.69) is 5.32 Å². The number of ether oxygens (including phenoxy) is 1. The van der Waals surface area contributed by atoms with E-state index in [1.54, 1.807) is 63.4 Å². The number of fused-ring (bicyclic) bond motifs is 2. The molecule has 0 aromatic heterocycles. The van der Waals surface area contributed by atoms with E-state index in [1.165, 1.54) is 17.0 Å². The largest absolute Gasteiger partial charge is 0.453 e. The Morgan fingerprint density at radius 2 is 1.59 bits per heavy atom. The number of hydrogen-bond donors (Lipinski definition) is 3. The van der Waals surface area contributed by atoms with Crippen molar-refractivity contribution in [3.63, 3.8) is 0 Å². The minimum absolute atomic E-state index is 0.0104. The average molecular weight is 671 g/mol. The quantitative estimate of drug-likeness (QED) is 0.186. The number of ketones is 1. The summed E-state index contributed by atoms with van der Waals surface area (Å²) in [6, 6.07) is 12.7. The molecule has 1 aliphatic heterocycles. The predicted octanol–water partition coefficient (Wildman–Crippen LogP) is 4.23. The molecule has 0 saturated heterocycles. The molecular formula is C33H38N2O9S2. The van der Waals surface area contributed by atoms with E-state index in [0.29, 0.717) is 31.4 Å². The Labute approximate surface area is 269 Å². The molecule has 3 aromatic carbocycles. The van der Waals surface area contributed by atoms with E-state index in [9.17, 15) is 35.5 Å². The first kappa shape index (κ1) is 34.8. The highest BCUT2D eigenvalue weighted by atomic mass is 32.2. The third kappa shape index (κ3) is 7.02. The zero-order valence-electron chi connectivity index (χ0n) is 26.3. The second-order valence-corrected chi connectivity index (χ2v) is 14.0. The van der Waals surface area contributed by atoms with Crippen molar-refractivity contribution in [3.8, 4) is 11.5 Å². The number of rotatable bonds is 12. The summed E-state index contributed by atoms with van der Waals surface area (Å²) in [5.74, 6) is -1.14. The number of amides is 1. The van der Waals surface area contributed by atoms with Gasteiger partial charge in [0.1, 0.15) is 10.7 Å². The first-order valence-corrected chi connectivity index (χ1v) is 17.8. The van der Waals surface area contributed by atoms with E-state index in [1.807, 2.05) is 13.8 Å². The molecule has 0 atom stereocenters. The van der Waals surface area contributed by atoms with Crippen LogP contribution in [0, 0.1) is 5.92 Å². The van der Waals surface area contributed by atoms with Gasteiger partial charge in [0.05, 0.1) is 5.69 Å². The second-order valence-electron chi connectivity index (χ2n) is 11.2. The van der Waals surface area contributed by atoms with E-state index < -0.39 is 30.0 Å². The van der Waals surface area contributed by atoms with Gasteiger partial charge in [0.15, 0.2) is 16.4 Å². The first-order chi connectivity index (χ1) is 21.6. The van der Waals surface area contributed by atoms with Crippen molar-refractivity contribution in [1.82, 2.24) is 4.90 Å². The predicted molar refractivity (Wildman–Crippen MR) is 175 cm³/mol. The molecule has 0 spiro atoms. The topological polar surface area (TPSA) is 167 Å². The Morgan fingerprint density at radius 3 is 2.20 bits per heavy atom. The van der Waals surface area contributed by atoms with Crippen molar-refractivity contribution >= 4 is 49.3 Å². The standard InChI is InChI=1S/C33H38N2O9S2/c1-6-11-21-15-16-24-28(22-12-8-9-13-23(22)33(37)35(5)19-10-14-27(36)20(3)4)25-17-18-26(34-7-2)32(46(41,42)43)30(25)44-29(24)31(21)45(38,39)40/h8-9,11-13,15-18,20,34H,6-7,10,14,19H2,1-5H3,(H,38,39,40)(H,41,42,43)/b21-11+. The molecule has 46 heavy (non-hydrogen) atoms. The second kappa shape index (κ2) is 13.8. The van der Waals surface area contributed by atoms with E-state index in [4.69, 9.17) is 4.74 Å². The summed E-state index contributed by atoms with van der Waals surface area (Å²) in [6.45, 7) is 7.71. The molecule has 0 radical (unpaired) electrons. The van der Waals surface area contributed by atoms with Crippen LogP contribution in [0.3, 0.4) is 0 Å². The summed E-state index contributed by atoms with van der Waals surface area (Å²) in [5, 5.41) is 3.18. The van der Waals surface area contributed by atoms with Gasteiger partial charge < -0.3 is 15.0 Å². The van der Waals surface area contributed by atoms with Crippen molar-refractivity contribution in [2.24, 2.45) is 5.92 Å². The molecule has 0 unspecified atom stereocenters. The fourth-order valence-electron chi connectivity index (χ4n) is 5.48. The Kier molecular flexibility index (Phi) is 10.4. The minimum atomic E-state index is -4.96. The number of carbonyl (C=O) groups is 2. The molecule has 0 saturated carbocycles. The van der Waals surface area contributed by atoms with Gasteiger partial charge in [0, 0.05) is 54.4 Å². The van der Waals surface area contributed by atoms with Gasteiger partial charge in [-0.3, -0.25) is 18.7 Å². The minimum Gasteiger partial charge on any atom is -0.453 e. The smallest absolute Gasteiger partial charge is 0.300 e. The van der Waals surface area contributed by atoms with Crippen molar-refractivity contribution in [3.05, 3.63) is 75.7 Å². The third-order valence-electron chi connectivity index (χ3n) is 7.64. The third-order valence-corrected chi connectivity index (χ3v) is 9.50. The maximum absolute atomic E-state index is 13.9. The maximum atomic E-state index is 13.9. The number of nitrogens with one attached hydrogen (secondary N) is 1. The molecule has 1 amide bonds. The van der Waals surface area contributed by atoms with Gasteiger partial charge in [-0.1, -0.05) is 51.1 Å². The van der Waals surface area contributed by atoms with Crippen molar-refractivity contribution in [2.45, 2.75) is 56.7 Å². The van der Waals surface area contributed by atoms with Crippen LogP contribution in [0.2, 0.25) is 0 Å². The van der Waals surface area contributed by atoms with Crippen LogP contribution in [-0.4, -0.2) is 62.7 Å². The molecule has 3 aromatic rings. The lowest BCUT2D eigenvalue weighted by atomic mass is 9.89. The van der Waals surface area contributed by atoms with Crippen LogP contribution in [0.15, 0.2) is 58.3 Å². The fourth-order valence-corrected chi connectivity index (χ4v) is 7.12. The molecule has 1 aliphatic rings. The van der Waals surface area contributed by atoms with Gasteiger partial charge in [-0.25, -0.2) is 0 Å². The molecule has 11 nitrogen and oxygen atoms in total. The Morgan fingerprint density at radius 1 is 0.913 bits per heavy atom. The van der Waals surface area contributed by atoms with E-state index in [-0.39, 0.29) is 68.5 Å². The molecule has 3 N–H and O–H groups in total. The zero-order valence-corrected chi connectivity index (χ0v) is 28.0. The highest BCUT2D eigenvalue weighted by Gasteiger charge is 2.34. The van der Waals surface area contributed by atoms with Crippen LogP contribution in [0.5, 0.6) is 11.5 Å². The van der Waals surface area contributed by atoms with Crippen LogP contribution in [0.4, 0.5) is 5.69 Å².